The van der Waals surface area contributed by atoms with Crippen LogP contribution in [0.5, 0.6) is 0 Å². The molecule has 2 fully saturated rings. The molecule has 0 unspecified atom stereocenters. The predicted molar refractivity (Wildman–Crippen MR) is 127 cm³/mol. The van der Waals surface area contributed by atoms with Crippen molar-refractivity contribution in [2.75, 3.05) is 56.0 Å². The molecule has 9 nitrogen and oxygen atoms in total. The minimum Gasteiger partial charge on any atom is -0.478 e. The zero-order valence-electron chi connectivity index (χ0n) is 19.0. The van der Waals surface area contributed by atoms with Crippen LogP contribution in [0.2, 0.25) is 0 Å². The number of hydrogen-bond acceptors (Lipinski definition) is 6. The van der Waals surface area contributed by atoms with Crippen molar-refractivity contribution in [2.45, 2.75) is 32.6 Å². The molecule has 2 saturated heterocycles. The van der Waals surface area contributed by atoms with Crippen LogP contribution in [0, 0.1) is 0 Å². The highest BCUT2D eigenvalue weighted by molar-refractivity contribution is 6.05. The second kappa shape index (κ2) is 10.2. The van der Waals surface area contributed by atoms with Crippen molar-refractivity contribution < 1.29 is 19.5 Å². The van der Waals surface area contributed by atoms with Crippen molar-refractivity contribution in [3.63, 3.8) is 0 Å². The molecule has 2 aromatic rings. The van der Waals surface area contributed by atoms with Crippen LogP contribution >= 0.6 is 0 Å². The monoisotopic (exact) mass is 453 g/mol. The van der Waals surface area contributed by atoms with Crippen LogP contribution in [0.4, 0.5) is 11.5 Å². The number of fused-ring (bicyclic) bond motifs is 1. The summed E-state index contributed by atoms with van der Waals surface area (Å²) in [6.45, 7) is 6.73. The molecule has 1 aromatic carbocycles. The standard InChI is InChI=1S/C24H31N5O4/c1-2-22(30)25-17-6-7-20-18(14-17)19(24(32)33)15-21(26-20)28-12-10-27(11-13-28)16-23(31)29-8-4-3-5-9-29/h6-7,14-15H,2-5,8-13,16H2,1H3,(H,25,30)(H,32,33). The summed E-state index contributed by atoms with van der Waals surface area (Å²) in [5.41, 5.74) is 1.28. The van der Waals surface area contributed by atoms with Gasteiger partial charge < -0.3 is 20.2 Å². The van der Waals surface area contributed by atoms with Crippen LogP contribution < -0.4 is 10.2 Å². The van der Waals surface area contributed by atoms with Gasteiger partial charge in [-0.2, -0.15) is 0 Å². The number of piperidine rings is 1. The molecule has 0 radical (unpaired) electrons. The number of aromatic carboxylic acids is 1. The van der Waals surface area contributed by atoms with E-state index in [1.54, 1.807) is 31.2 Å². The van der Waals surface area contributed by atoms with E-state index >= 15 is 0 Å². The molecule has 3 heterocycles. The molecule has 0 spiro atoms. The van der Waals surface area contributed by atoms with Gasteiger partial charge in [-0.1, -0.05) is 6.92 Å². The van der Waals surface area contributed by atoms with Crippen molar-refractivity contribution in [3.8, 4) is 0 Å². The highest BCUT2D eigenvalue weighted by atomic mass is 16.4. The fraction of sp³-hybridized carbons (Fsp3) is 0.500. The second-order valence-electron chi connectivity index (χ2n) is 8.67. The van der Waals surface area contributed by atoms with Gasteiger partial charge in [-0.25, -0.2) is 9.78 Å². The van der Waals surface area contributed by atoms with E-state index in [1.807, 2.05) is 4.90 Å². The summed E-state index contributed by atoms with van der Waals surface area (Å²) in [5, 5.41) is 13.1. The molecular formula is C24H31N5O4. The number of carbonyl (C=O) groups is 3. The van der Waals surface area contributed by atoms with Crippen molar-refractivity contribution in [1.29, 1.82) is 0 Å². The molecular weight excluding hydrogens is 422 g/mol. The number of rotatable bonds is 6. The van der Waals surface area contributed by atoms with E-state index in [0.717, 1.165) is 39.0 Å². The fourth-order valence-electron chi connectivity index (χ4n) is 4.45. The van der Waals surface area contributed by atoms with E-state index in [1.165, 1.54) is 6.42 Å². The van der Waals surface area contributed by atoms with Crippen LogP contribution in [-0.2, 0) is 9.59 Å². The molecule has 2 aliphatic heterocycles. The Morgan fingerprint density at radius 2 is 1.73 bits per heavy atom. The Balaban J connectivity index is 1.46. The molecule has 0 saturated carbocycles. The second-order valence-corrected chi connectivity index (χ2v) is 8.67. The maximum absolute atomic E-state index is 12.6. The molecule has 33 heavy (non-hydrogen) atoms. The first-order valence-corrected chi connectivity index (χ1v) is 11.7. The molecule has 2 N–H and O–H groups in total. The predicted octanol–water partition coefficient (Wildman–Crippen LogP) is 2.42. The number of nitrogens with one attached hydrogen (secondary N) is 1. The van der Waals surface area contributed by atoms with Gasteiger partial charge in [0.05, 0.1) is 17.6 Å². The molecule has 2 amide bonds. The van der Waals surface area contributed by atoms with Crippen LogP contribution in [-0.4, -0.2) is 83.5 Å². The van der Waals surface area contributed by atoms with Gasteiger partial charge in [-0.05, 0) is 43.5 Å². The number of piperazine rings is 1. The molecule has 0 atom stereocenters. The van der Waals surface area contributed by atoms with Gasteiger partial charge >= 0.3 is 5.97 Å². The number of pyridine rings is 1. The van der Waals surface area contributed by atoms with Gasteiger partial charge in [0.1, 0.15) is 5.82 Å². The minimum absolute atomic E-state index is 0.132. The first kappa shape index (κ1) is 23.0. The van der Waals surface area contributed by atoms with E-state index < -0.39 is 5.97 Å². The lowest BCUT2D eigenvalue weighted by molar-refractivity contribution is -0.133. The summed E-state index contributed by atoms with van der Waals surface area (Å²) in [6, 6.07) is 6.74. The fourth-order valence-corrected chi connectivity index (χ4v) is 4.45. The number of hydrogen-bond donors (Lipinski definition) is 2. The van der Waals surface area contributed by atoms with Crippen molar-refractivity contribution >= 4 is 40.2 Å². The van der Waals surface area contributed by atoms with Crippen LogP contribution in [0.1, 0.15) is 43.0 Å². The number of carbonyl (C=O) groups excluding carboxylic acids is 2. The number of benzene rings is 1. The van der Waals surface area contributed by atoms with Crippen LogP contribution in [0.25, 0.3) is 10.9 Å². The summed E-state index contributed by atoms with van der Waals surface area (Å²) in [6.07, 6.45) is 3.72. The quantitative estimate of drug-likeness (QED) is 0.692. The number of carboxylic acids is 1. The van der Waals surface area contributed by atoms with Gasteiger partial charge in [0, 0.05) is 56.8 Å². The van der Waals surface area contributed by atoms with Gasteiger partial charge in [0.25, 0.3) is 0 Å². The number of amides is 2. The SMILES string of the molecule is CCC(=O)Nc1ccc2nc(N3CCN(CC(=O)N4CCCCC4)CC3)cc(C(=O)O)c2c1. The largest absolute Gasteiger partial charge is 0.478 e. The Morgan fingerprint density at radius 1 is 1.00 bits per heavy atom. The number of anilines is 2. The summed E-state index contributed by atoms with van der Waals surface area (Å²) in [7, 11) is 0. The van der Waals surface area contributed by atoms with Gasteiger partial charge in [-0.15, -0.1) is 0 Å². The molecule has 0 aliphatic carbocycles. The maximum Gasteiger partial charge on any atom is 0.336 e. The summed E-state index contributed by atoms with van der Waals surface area (Å²) < 4.78 is 0. The highest BCUT2D eigenvalue weighted by Gasteiger charge is 2.24. The first-order valence-electron chi connectivity index (χ1n) is 11.7. The number of carboxylic acid groups (broad SMARTS) is 1. The zero-order valence-corrected chi connectivity index (χ0v) is 19.0. The van der Waals surface area contributed by atoms with Crippen LogP contribution in [0.3, 0.4) is 0 Å². The highest BCUT2D eigenvalue weighted by Crippen LogP contribution is 2.27. The van der Waals surface area contributed by atoms with Gasteiger partial charge in [0.15, 0.2) is 0 Å². The topological polar surface area (TPSA) is 106 Å². The summed E-state index contributed by atoms with van der Waals surface area (Å²) in [5.74, 6) is -0.348. The lowest BCUT2D eigenvalue weighted by Crippen LogP contribution is -2.51. The van der Waals surface area contributed by atoms with Crippen molar-refractivity contribution in [3.05, 3.63) is 29.8 Å². The van der Waals surface area contributed by atoms with Crippen LogP contribution in [0.15, 0.2) is 24.3 Å². The average Bonchev–Trinajstić information content (AvgIpc) is 2.84. The minimum atomic E-state index is -1.03. The normalized spacial score (nSPS) is 17.2. The lowest BCUT2D eigenvalue weighted by atomic mass is 10.1. The Kier molecular flexibility index (Phi) is 7.08. The van der Waals surface area contributed by atoms with E-state index in [0.29, 0.717) is 48.5 Å². The Morgan fingerprint density at radius 3 is 2.39 bits per heavy atom. The van der Waals surface area contributed by atoms with E-state index in [-0.39, 0.29) is 17.4 Å². The van der Waals surface area contributed by atoms with Gasteiger partial charge in [0.2, 0.25) is 11.8 Å². The third-order valence-corrected chi connectivity index (χ3v) is 6.39. The van der Waals surface area contributed by atoms with E-state index in [9.17, 15) is 19.5 Å². The molecule has 9 heteroatoms. The maximum atomic E-state index is 12.6. The molecule has 0 bridgehead atoms. The number of aromatic nitrogens is 1. The number of nitrogens with zero attached hydrogens (tertiary/aromatic N) is 4. The molecule has 176 valence electrons. The average molecular weight is 454 g/mol. The zero-order chi connectivity index (χ0) is 23.4. The Hall–Kier alpha value is -3.20. The molecule has 1 aromatic heterocycles. The third-order valence-electron chi connectivity index (χ3n) is 6.39. The number of likely N-dealkylation sites (tertiary alicyclic amines) is 1. The van der Waals surface area contributed by atoms with Crippen molar-refractivity contribution in [2.24, 2.45) is 0 Å². The first-order chi connectivity index (χ1) is 15.9. The van der Waals surface area contributed by atoms with E-state index in [2.05, 4.69) is 15.1 Å². The molecule has 2 aliphatic rings. The van der Waals surface area contributed by atoms with E-state index in [4.69, 9.17) is 4.98 Å². The smallest absolute Gasteiger partial charge is 0.336 e. The summed E-state index contributed by atoms with van der Waals surface area (Å²) in [4.78, 5) is 47.1. The van der Waals surface area contributed by atoms with Crippen molar-refractivity contribution in [1.82, 2.24) is 14.8 Å². The lowest BCUT2D eigenvalue weighted by Gasteiger charge is -2.36. The Labute approximate surface area is 193 Å². The molecule has 4 rings (SSSR count). The van der Waals surface area contributed by atoms with Gasteiger partial charge in [-0.3, -0.25) is 14.5 Å². The summed E-state index contributed by atoms with van der Waals surface area (Å²) >= 11 is 0. The Bertz CT molecular complexity index is 1040. The third kappa shape index (κ3) is 5.42.